The Kier molecular flexibility index (Phi) is 7.13. The van der Waals surface area contributed by atoms with Crippen molar-refractivity contribution in [2.24, 2.45) is 5.92 Å². The van der Waals surface area contributed by atoms with Crippen LogP contribution in [-0.4, -0.2) is 30.1 Å². The highest BCUT2D eigenvalue weighted by Gasteiger charge is 2.18. The monoisotopic (exact) mass is 268 g/mol. The zero-order chi connectivity index (χ0) is 13.4. The van der Waals surface area contributed by atoms with Crippen LogP contribution in [0.15, 0.2) is 18.5 Å². The van der Waals surface area contributed by atoms with Crippen molar-refractivity contribution in [3.05, 3.63) is 24.0 Å². The highest BCUT2D eigenvalue weighted by Crippen LogP contribution is 2.26. The van der Waals surface area contributed by atoms with Crippen molar-refractivity contribution in [3.63, 3.8) is 0 Å². The lowest BCUT2D eigenvalue weighted by Gasteiger charge is -2.24. The maximum atomic E-state index is 5.52. The fraction of sp³-hybridized carbons (Fsp3) is 0.643. The first-order valence-electron chi connectivity index (χ1n) is 6.52. The molecule has 0 aliphatic carbocycles. The van der Waals surface area contributed by atoms with Gasteiger partial charge in [0.1, 0.15) is 5.75 Å². The molecule has 0 saturated heterocycles. The van der Waals surface area contributed by atoms with Gasteiger partial charge in [0, 0.05) is 12.2 Å². The number of hydrogen-bond donors (Lipinski definition) is 1. The number of hydrogen-bond acceptors (Lipinski definition) is 4. The second kappa shape index (κ2) is 8.38. The fourth-order valence-electron chi connectivity index (χ4n) is 2.08. The third kappa shape index (κ3) is 4.50. The van der Waals surface area contributed by atoms with Gasteiger partial charge in [0.25, 0.3) is 0 Å². The molecule has 0 aliphatic rings. The molecule has 2 unspecified atom stereocenters. The molecule has 0 aliphatic heterocycles. The van der Waals surface area contributed by atoms with Crippen molar-refractivity contribution in [1.29, 1.82) is 0 Å². The molecule has 1 N–H and O–H groups in total. The molecular weight excluding hydrogens is 244 g/mol. The average Bonchev–Trinajstić information content (AvgIpc) is 2.37. The van der Waals surface area contributed by atoms with Gasteiger partial charge in [-0.05, 0) is 43.0 Å². The predicted octanol–water partition coefficient (Wildman–Crippen LogP) is 3.13. The van der Waals surface area contributed by atoms with Gasteiger partial charge in [-0.15, -0.1) is 0 Å². The van der Waals surface area contributed by atoms with E-state index >= 15 is 0 Å². The molecule has 2 atom stereocenters. The zero-order valence-corrected chi connectivity index (χ0v) is 12.6. The molecular formula is C14H24N2OS. The van der Waals surface area contributed by atoms with Gasteiger partial charge in [-0.25, -0.2) is 0 Å². The van der Waals surface area contributed by atoms with Gasteiger partial charge in [-0.2, -0.15) is 11.8 Å². The Hall–Kier alpha value is -0.740. The van der Waals surface area contributed by atoms with Gasteiger partial charge in [0.15, 0.2) is 0 Å². The van der Waals surface area contributed by atoms with Crippen LogP contribution < -0.4 is 10.1 Å². The van der Waals surface area contributed by atoms with Crippen LogP contribution in [-0.2, 0) is 0 Å². The van der Waals surface area contributed by atoms with Crippen LogP contribution in [0.5, 0.6) is 5.75 Å². The second-order valence-corrected chi connectivity index (χ2v) is 5.27. The Morgan fingerprint density at radius 1 is 1.39 bits per heavy atom. The minimum absolute atomic E-state index is 0.343. The van der Waals surface area contributed by atoms with Gasteiger partial charge < -0.3 is 10.1 Å². The second-order valence-electron chi connectivity index (χ2n) is 4.35. The Labute approximate surface area is 115 Å². The van der Waals surface area contributed by atoms with E-state index in [4.69, 9.17) is 4.74 Å². The summed E-state index contributed by atoms with van der Waals surface area (Å²) in [6, 6.07) is 2.44. The summed E-state index contributed by atoms with van der Waals surface area (Å²) in [7, 11) is 0. The minimum Gasteiger partial charge on any atom is -0.492 e. The number of rotatable bonds is 8. The molecule has 102 valence electrons. The quantitative estimate of drug-likeness (QED) is 0.785. The van der Waals surface area contributed by atoms with Crippen LogP contribution in [0.3, 0.4) is 0 Å². The van der Waals surface area contributed by atoms with Crippen molar-refractivity contribution < 1.29 is 4.74 Å². The van der Waals surface area contributed by atoms with Crippen molar-refractivity contribution in [2.75, 3.05) is 25.2 Å². The summed E-state index contributed by atoms with van der Waals surface area (Å²) in [5, 5.41) is 3.54. The molecule has 0 aromatic carbocycles. The third-order valence-corrected chi connectivity index (χ3v) is 3.69. The van der Waals surface area contributed by atoms with Crippen LogP contribution in [0.2, 0.25) is 0 Å². The SMILES string of the molecule is CCNC(c1cncc(OCC)c1)C(C)CSC. The Bertz CT molecular complexity index is 346. The standard InChI is InChI=1S/C14H24N2OS/c1-5-16-14(11(3)10-18-4)12-7-13(17-6-2)9-15-8-12/h7-9,11,14,16H,5-6,10H2,1-4H3. The molecule has 0 spiro atoms. The first-order valence-corrected chi connectivity index (χ1v) is 7.92. The summed E-state index contributed by atoms with van der Waals surface area (Å²) < 4.78 is 5.52. The molecule has 1 aromatic heterocycles. The van der Waals surface area contributed by atoms with Gasteiger partial charge in [-0.1, -0.05) is 13.8 Å². The van der Waals surface area contributed by atoms with Crippen molar-refractivity contribution >= 4 is 11.8 Å². The van der Waals surface area contributed by atoms with E-state index in [2.05, 4.69) is 36.5 Å². The smallest absolute Gasteiger partial charge is 0.137 e. The minimum atomic E-state index is 0.343. The van der Waals surface area contributed by atoms with E-state index in [9.17, 15) is 0 Å². The number of ether oxygens (including phenoxy) is 1. The molecule has 1 heterocycles. The lowest BCUT2D eigenvalue weighted by molar-refractivity contribution is 0.336. The summed E-state index contributed by atoms with van der Waals surface area (Å²) in [5.74, 6) is 2.56. The molecule has 0 radical (unpaired) electrons. The topological polar surface area (TPSA) is 34.2 Å². The van der Waals surface area contributed by atoms with Crippen molar-refractivity contribution in [3.8, 4) is 5.75 Å². The third-order valence-electron chi connectivity index (χ3n) is 2.83. The van der Waals surface area contributed by atoms with E-state index < -0.39 is 0 Å². The van der Waals surface area contributed by atoms with Crippen LogP contribution in [0.4, 0.5) is 0 Å². The van der Waals surface area contributed by atoms with Gasteiger partial charge in [0.2, 0.25) is 0 Å². The Morgan fingerprint density at radius 3 is 2.78 bits per heavy atom. The fourth-order valence-corrected chi connectivity index (χ4v) is 2.80. The number of thioether (sulfide) groups is 1. The number of nitrogens with zero attached hydrogens (tertiary/aromatic N) is 1. The molecule has 18 heavy (non-hydrogen) atoms. The summed E-state index contributed by atoms with van der Waals surface area (Å²) >= 11 is 1.88. The molecule has 1 aromatic rings. The first-order chi connectivity index (χ1) is 8.72. The van der Waals surface area contributed by atoms with Crippen LogP contribution >= 0.6 is 11.8 Å². The normalized spacial score (nSPS) is 14.2. The number of pyridine rings is 1. The predicted molar refractivity (Wildman–Crippen MR) is 79.4 cm³/mol. The molecule has 0 bridgehead atoms. The van der Waals surface area contributed by atoms with E-state index in [0.717, 1.165) is 18.0 Å². The van der Waals surface area contributed by atoms with Gasteiger partial charge >= 0.3 is 0 Å². The van der Waals surface area contributed by atoms with Gasteiger partial charge in [0.05, 0.1) is 12.8 Å². The zero-order valence-electron chi connectivity index (χ0n) is 11.8. The average molecular weight is 268 g/mol. The molecule has 0 saturated carbocycles. The van der Waals surface area contributed by atoms with Gasteiger partial charge in [-0.3, -0.25) is 4.98 Å². The van der Waals surface area contributed by atoms with Crippen molar-refractivity contribution in [2.45, 2.75) is 26.8 Å². The summed E-state index contributed by atoms with van der Waals surface area (Å²) in [6.45, 7) is 8.04. The molecule has 4 heteroatoms. The highest BCUT2D eigenvalue weighted by molar-refractivity contribution is 7.98. The molecule has 1 rings (SSSR count). The largest absolute Gasteiger partial charge is 0.492 e. The van der Waals surface area contributed by atoms with E-state index in [1.165, 1.54) is 5.56 Å². The van der Waals surface area contributed by atoms with Crippen LogP contribution in [0, 0.1) is 5.92 Å². The highest BCUT2D eigenvalue weighted by atomic mass is 32.2. The summed E-state index contributed by atoms with van der Waals surface area (Å²) in [5.41, 5.74) is 1.21. The van der Waals surface area contributed by atoms with E-state index in [1.54, 1.807) is 6.20 Å². The lowest BCUT2D eigenvalue weighted by Crippen LogP contribution is -2.28. The van der Waals surface area contributed by atoms with E-state index in [0.29, 0.717) is 18.6 Å². The molecule has 0 amide bonds. The Morgan fingerprint density at radius 2 is 2.17 bits per heavy atom. The first kappa shape index (κ1) is 15.3. The summed E-state index contributed by atoms with van der Waals surface area (Å²) in [6.07, 6.45) is 5.86. The van der Waals surface area contributed by atoms with Crippen LogP contribution in [0.1, 0.15) is 32.4 Å². The maximum Gasteiger partial charge on any atom is 0.137 e. The molecule has 0 fully saturated rings. The lowest BCUT2D eigenvalue weighted by atomic mass is 9.97. The van der Waals surface area contributed by atoms with E-state index in [-0.39, 0.29) is 0 Å². The number of aromatic nitrogens is 1. The molecule has 3 nitrogen and oxygen atoms in total. The number of nitrogens with one attached hydrogen (secondary N) is 1. The van der Waals surface area contributed by atoms with Crippen LogP contribution in [0.25, 0.3) is 0 Å². The van der Waals surface area contributed by atoms with Crippen molar-refractivity contribution in [1.82, 2.24) is 10.3 Å². The maximum absolute atomic E-state index is 5.52. The summed E-state index contributed by atoms with van der Waals surface area (Å²) in [4.78, 5) is 4.28. The van der Waals surface area contributed by atoms with E-state index in [1.807, 2.05) is 24.9 Å². The Balaban J connectivity index is 2.86.